The van der Waals surface area contributed by atoms with Gasteiger partial charge in [0.15, 0.2) is 16.7 Å². The molecule has 1 aliphatic rings. The lowest BCUT2D eigenvalue weighted by molar-refractivity contribution is -0.288. The van der Waals surface area contributed by atoms with E-state index in [2.05, 4.69) is 10.3 Å². The highest BCUT2D eigenvalue weighted by Crippen LogP contribution is 2.27. The van der Waals surface area contributed by atoms with E-state index in [4.69, 9.17) is 23.2 Å². The lowest BCUT2D eigenvalue weighted by atomic mass is 10.1. The quantitative estimate of drug-likeness (QED) is 0.634. The Balaban J connectivity index is 1.41. The van der Waals surface area contributed by atoms with Gasteiger partial charge in [0.1, 0.15) is 5.02 Å². The van der Waals surface area contributed by atoms with Gasteiger partial charge in [-0.2, -0.15) is 0 Å². The summed E-state index contributed by atoms with van der Waals surface area (Å²) in [4.78, 5) is 30.6. The summed E-state index contributed by atoms with van der Waals surface area (Å²) in [6.07, 6.45) is 0.496. The minimum Gasteiger partial charge on any atom is -0.331 e. The van der Waals surface area contributed by atoms with E-state index in [1.165, 1.54) is 16.2 Å². The summed E-state index contributed by atoms with van der Waals surface area (Å²) in [7, 11) is 0. The summed E-state index contributed by atoms with van der Waals surface area (Å²) in [5.74, 6) is -0.495. The van der Waals surface area contributed by atoms with Crippen LogP contribution in [0.15, 0.2) is 47.8 Å². The molecule has 0 saturated heterocycles. The summed E-state index contributed by atoms with van der Waals surface area (Å²) in [5, 5.41) is 6.91. The number of fused-ring (bicyclic) bond motifs is 1. The van der Waals surface area contributed by atoms with Crippen molar-refractivity contribution >= 4 is 45.6 Å². The molecule has 2 aromatic carbocycles. The Kier molecular flexibility index (Phi) is 4.86. The fourth-order valence-electron chi connectivity index (χ4n) is 2.85. The maximum atomic E-state index is 12.4. The molecule has 0 aliphatic carbocycles. The zero-order valence-corrected chi connectivity index (χ0v) is 16.3. The van der Waals surface area contributed by atoms with Gasteiger partial charge in [-0.25, -0.2) is 4.98 Å². The van der Waals surface area contributed by atoms with E-state index in [1.807, 2.05) is 11.4 Å². The predicted octanol–water partition coefficient (Wildman–Crippen LogP) is 4.08. The molecule has 0 bridgehead atoms. The summed E-state index contributed by atoms with van der Waals surface area (Å²) in [6, 6.07) is 12.2. The zero-order chi connectivity index (χ0) is 19.0. The van der Waals surface area contributed by atoms with Crippen molar-refractivity contribution in [2.24, 2.45) is 0 Å². The number of benzene rings is 2. The highest BCUT2D eigenvalue weighted by atomic mass is 35.5. The van der Waals surface area contributed by atoms with E-state index in [-0.39, 0.29) is 11.8 Å². The van der Waals surface area contributed by atoms with Crippen LogP contribution in [0.5, 0.6) is 0 Å². The van der Waals surface area contributed by atoms with Crippen LogP contribution in [-0.2, 0) is 6.42 Å². The molecule has 27 heavy (non-hydrogen) atoms. The summed E-state index contributed by atoms with van der Waals surface area (Å²) >= 11 is 12.6. The first-order valence-electron chi connectivity index (χ1n) is 8.16. The number of thiazole rings is 1. The van der Waals surface area contributed by atoms with Crippen LogP contribution < -0.4 is 5.32 Å². The molecule has 0 radical (unpaired) electrons. The van der Waals surface area contributed by atoms with Gasteiger partial charge in [-0.1, -0.05) is 23.7 Å². The number of carbonyl (C=O) groups is 2. The molecule has 2 amide bonds. The minimum atomic E-state index is -0.247. The lowest BCUT2D eigenvalue weighted by Gasteiger charge is -2.12. The first-order valence-corrected chi connectivity index (χ1v) is 9.83. The number of hydrogen-bond acceptors (Lipinski definition) is 5. The second kappa shape index (κ2) is 7.31. The van der Waals surface area contributed by atoms with Crippen LogP contribution >= 0.6 is 22.9 Å². The van der Waals surface area contributed by atoms with Gasteiger partial charge < -0.3 is 5.32 Å². The maximum Gasteiger partial charge on any atom is 0.261 e. The van der Waals surface area contributed by atoms with Crippen LogP contribution in [-0.4, -0.2) is 28.2 Å². The van der Waals surface area contributed by atoms with Gasteiger partial charge in [-0.05, 0) is 24.3 Å². The largest absolute Gasteiger partial charge is 0.331 e. The second-order valence-electron chi connectivity index (χ2n) is 5.97. The van der Waals surface area contributed by atoms with E-state index in [1.54, 1.807) is 36.4 Å². The molecular formula is C19H14Cl2N3O2S+. The van der Waals surface area contributed by atoms with Crippen molar-refractivity contribution in [3.8, 4) is 0 Å². The molecule has 0 saturated carbocycles. The molecule has 1 aliphatic heterocycles. The van der Waals surface area contributed by atoms with Gasteiger partial charge in [0.05, 0.1) is 16.8 Å². The van der Waals surface area contributed by atoms with Crippen molar-refractivity contribution in [3.05, 3.63) is 74.7 Å². The molecule has 5 nitrogen and oxygen atoms in total. The normalized spacial score (nSPS) is 13.2. The van der Waals surface area contributed by atoms with Crippen LogP contribution in [0.4, 0.5) is 10.8 Å². The average Bonchev–Trinajstić information content (AvgIpc) is 3.20. The molecular weight excluding hydrogens is 405 g/mol. The van der Waals surface area contributed by atoms with Crippen molar-refractivity contribution in [2.75, 3.05) is 11.9 Å². The third-order valence-electron chi connectivity index (χ3n) is 4.20. The number of nitrogens with one attached hydrogen (secondary N) is 1. The van der Waals surface area contributed by atoms with Gasteiger partial charge in [0.25, 0.3) is 11.8 Å². The molecule has 0 unspecified atom stereocenters. The minimum absolute atomic E-state index is 0.247. The standard InChI is InChI=1S/C19H14Cl2N3O2S/c20-15-6-5-11(9-16(15)21)22-19-23-12(10-27-19)7-8-24-17(25)13-3-1-2-4-14(13)18(24)26/h1-6,9-10,20H,7-8H2,(H,22,23)/q+1. The number of anilines is 2. The SMILES string of the molecule is O=C1c2ccccc2C(=O)N1CCc1csc(Nc2ccc([ClH+])c(Cl)c2)n1. The van der Waals surface area contributed by atoms with Crippen LogP contribution in [0.25, 0.3) is 0 Å². The number of hydrogen-bond donors (Lipinski definition) is 1. The van der Waals surface area contributed by atoms with Crippen LogP contribution in [0.2, 0.25) is 10.0 Å². The monoisotopic (exact) mass is 418 g/mol. The summed E-state index contributed by atoms with van der Waals surface area (Å²) in [5.41, 5.74) is 2.54. The predicted molar refractivity (Wildman–Crippen MR) is 103 cm³/mol. The number of rotatable bonds is 5. The van der Waals surface area contributed by atoms with E-state index >= 15 is 0 Å². The van der Waals surface area contributed by atoms with Gasteiger partial charge in [-0.3, -0.25) is 14.5 Å². The molecule has 2 heterocycles. The molecule has 0 fully saturated rings. The molecule has 0 atom stereocenters. The van der Waals surface area contributed by atoms with Crippen molar-refractivity contribution in [3.63, 3.8) is 0 Å². The van der Waals surface area contributed by atoms with Crippen LogP contribution in [0.3, 0.4) is 0 Å². The highest BCUT2D eigenvalue weighted by Gasteiger charge is 2.34. The molecule has 3 aromatic rings. The smallest absolute Gasteiger partial charge is 0.261 e. The first kappa shape index (κ1) is 18.0. The maximum absolute atomic E-state index is 12.4. The molecule has 1 N–H and O–H groups in total. The Morgan fingerprint density at radius 3 is 2.48 bits per heavy atom. The second-order valence-corrected chi connectivity index (χ2v) is 7.68. The van der Waals surface area contributed by atoms with Gasteiger partial charge >= 0.3 is 0 Å². The van der Waals surface area contributed by atoms with E-state index < -0.39 is 0 Å². The van der Waals surface area contributed by atoms with Crippen molar-refractivity contribution in [1.29, 1.82) is 0 Å². The van der Waals surface area contributed by atoms with Gasteiger partial charge in [0.2, 0.25) is 5.02 Å². The molecule has 1 aromatic heterocycles. The summed E-state index contributed by atoms with van der Waals surface area (Å²) in [6.45, 7) is 0.298. The molecule has 0 spiro atoms. The Bertz CT molecular complexity index is 1020. The topological polar surface area (TPSA) is 62.3 Å². The van der Waals surface area contributed by atoms with E-state index in [0.29, 0.717) is 39.3 Å². The van der Waals surface area contributed by atoms with E-state index in [0.717, 1.165) is 11.4 Å². The van der Waals surface area contributed by atoms with Gasteiger partial charge in [0, 0.05) is 30.1 Å². The van der Waals surface area contributed by atoms with E-state index in [9.17, 15) is 9.59 Å². The molecule has 8 heteroatoms. The Labute approximate surface area is 169 Å². The lowest BCUT2D eigenvalue weighted by Crippen LogP contribution is -2.31. The number of amides is 2. The fraction of sp³-hybridized carbons (Fsp3) is 0.105. The first-order chi connectivity index (χ1) is 13.0. The van der Waals surface area contributed by atoms with Gasteiger partial charge in [-0.15, -0.1) is 11.3 Å². The Hall–Kier alpha value is -2.41. The Morgan fingerprint density at radius 2 is 1.81 bits per heavy atom. The zero-order valence-electron chi connectivity index (χ0n) is 13.9. The van der Waals surface area contributed by atoms with Crippen molar-refractivity contribution in [2.45, 2.75) is 6.42 Å². The average molecular weight is 419 g/mol. The number of aromatic nitrogens is 1. The summed E-state index contributed by atoms with van der Waals surface area (Å²) < 4.78 is 0. The third-order valence-corrected chi connectivity index (χ3v) is 5.79. The third kappa shape index (κ3) is 3.56. The number of imide groups is 1. The molecule has 4 rings (SSSR count). The van der Waals surface area contributed by atoms with Crippen molar-refractivity contribution in [1.82, 2.24) is 9.88 Å². The Morgan fingerprint density at radius 1 is 1.11 bits per heavy atom. The van der Waals surface area contributed by atoms with Crippen LogP contribution in [0, 0.1) is 11.6 Å². The number of nitrogens with zero attached hydrogens (tertiary/aromatic N) is 2. The fourth-order valence-corrected chi connectivity index (χ4v) is 3.92. The number of halogens is 2. The highest BCUT2D eigenvalue weighted by molar-refractivity contribution is 7.13. The number of carbonyl (C=O) groups excluding carboxylic acids is 2. The molecule has 136 valence electrons. The van der Waals surface area contributed by atoms with Crippen LogP contribution in [0.1, 0.15) is 26.4 Å². The van der Waals surface area contributed by atoms with Crippen molar-refractivity contribution < 1.29 is 21.2 Å².